The number of rotatable bonds is 1. The molecule has 0 aromatic heterocycles. The summed E-state index contributed by atoms with van der Waals surface area (Å²) in [7, 11) is 0. The van der Waals surface area contributed by atoms with E-state index in [-0.39, 0.29) is 23.9 Å². The van der Waals surface area contributed by atoms with Gasteiger partial charge in [0.2, 0.25) is 0 Å². The van der Waals surface area contributed by atoms with Crippen LogP contribution in [0.5, 0.6) is 0 Å². The number of amides is 2. The quantitative estimate of drug-likeness (QED) is 0.719. The fourth-order valence-corrected chi connectivity index (χ4v) is 4.09. The lowest BCUT2D eigenvalue weighted by Gasteiger charge is -2.36. The molecule has 2 aliphatic heterocycles. The molecule has 2 bridgehead atoms. The molecule has 1 fully saturated rings. The minimum absolute atomic E-state index is 0.00196. The molecule has 0 saturated carbocycles. The van der Waals surface area contributed by atoms with Crippen molar-refractivity contribution in [3.8, 4) is 0 Å². The molecule has 4 rings (SSSR count). The van der Waals surface area contributed by atoms with Gasteiger partial charge in [0.1, 0.15) is 5.82 Å². The van der Waals surface area contributed by atoms with Crippen molar-refractivity contribution in [3.05, 3.63) is 63.4 Å². The number of anilines is 1. The zero-order valence-corrected chi connectivity index (χ0v) is 14.2. The molecule has 2 aromatic rings. The first-order chi connectivity index (χ1) is 11.5. The Bertz CT molecular complexity index is 827. The number of urea groups is 1. The number of halogens is 3. The predicted molar refractivity (Wildman–Crippen MR) is 93.2 cm³/mol. The molecule has 2 aromatic carbocycles. The van der Waals surface area contributed by atoms with Gasteiger partial charge in [-0.1, -0.05) is 29.3 Å². The Labute approximate surface area is 149 Å². The van der Waals surface area contributed by atoms with Crippen LogP contribution in [0.1, 0.15) is 30.0 Å². The van der Waals surface area contributed by atoms with E-state index < -0.39 is 0 Å². The van der Waals surface area contributed by atoms with Crippen molar-refractivity contribution in [3.63, 3.8) is 0 Å². The van der Waals surface area contributed by atoms with Gasteiger partial charge in [-0.2, -0.15) is 0 Å². The third-order valence-corrected chi connectivity index (χ3v) is 5.57. The van der Waals surface area contributed by atoms with Crippen molar-refractivity contribution in [2.24, 2.45) is 0 Å². The molecule has 1 saturated heterocycles. The number of fused-ring (bicyclic) bond motifs is 4. The summed E-state index contributed by atoms with van der Waals surface area (Å²) in [6.07, 6.45) is 2.52. The summed E-state index contributed by atoms with van der Waals surface area (Å²) in [5.74, 6) is -0.221. The molecule has 1 N–H and O–H groups in total. The van der Waals surface area contributed by atoms with Gasteiger partial charge in [0.15, 0.2) is 0 Å². The van der Waals surface area contributed by atoms with Crippen molar-refractivity contribution in [2.45, 2.75) is 31.3 Å². The van der Waals surface area contributed by atoms with E-state index in [2.05, 4.69) is 5.32 Å². The lowest BCUT2D eigenvalue weighted by Crippen LogP contribution is -2.44. The fourth-order valence-electron chi connectivity index (χ4n) is 3.79. The summed E-state index contributed by atoms with van der Waals surface area (Å²) >= 11 is 11.9. The van der Waals surface area contributed by atoms with E-state index in [4.69, 9.17) is 23.2 Å². The number of carbonyl (C=O) groups is 1. The summed E-state index contributed by atoms with van der Waals surface area (Å²) in [6, 6.07) is 9.82. The van der Waals surface area contributed by atoms with Crippen molar-refractivity contribution >= 4 is 34.9 Å². The molecule has 124 valence electrons. The summed E-state index contributed by atoms with van der Waals surface area (Å²) in [4.78, 5) is 14.6. The van der Waals surface area contributed by atoms with E-state index in [1.807, 2.05) is 4.90 Å². The molecule has 0 radical (unpaired) electrons. The van der Waals surface area contributed by atoms with Gasteiger partial charge in [-0.25, -0.2) is 9.18 Å². The highest BCUT2D eigenvalue weighted by Gasteiger charge is 2.42. The number of hydrogen-bond donors (Lipinski definition) is 1. The van der Waals surface area contributed by atoms with E-state index in [1.165, 1.54) is 6.07 Å². The molecule has 24 heavy (non-hydrogen) atoms. The molecule has 2 heterocycles. The van der Waals surface area contributed by atoms with E-state index in [0.717, 1.165) is 24.0 Å². The summed E-state index contributed by atoms with van der Waals surface area (Å²) < 4.78 is 13.5. The molecule has 3 nitrogen and oxygen atoms in total. The molecule has 0 spiro atoms. The minimum Gasteiger partial charge on any atom is -0.314 e. The monoisotopic (exact) mass is 364 g/mol. The Morgan fingerprint density at radius 2 is 1.96 bits per heavy atom. The van der Waals surface area contributed by atoms with E-state index in [9.17, 15) is 9.18 Å². The number of carbonyl (C=O) groups excluding carboxylic acids is 1. The molecule has 0 aliphatic carbocycles. The molecular weight excluding hydrogens is 350 g/mol. The third-order valence-electron chi connectivity index (χ3n) is 4.83. The Hall–Kier alpha value is -1.78. The molecule has 2 aliphatic rings. The highest BCUT2D eigenvalue weighted by atomic mass is 35.5. The van der Waals surface area contributed by atoms with Gasteiger partial charge in [-0.15, -0.1) is 0 Å². The van der Waals surface area contributed by atoms with E-state index in [0.29, 0.717) is 22.2 Å². The lowest BCUT2D eigenvalue weighted by atomic mass is 9.93. The van der Waals surface area contributed by atoms with E-state index in [1.54, 1.807) is 30.3 Å². The van der Waals surface area contributed by atoms with Crippen molar-refractivity contribution in [1.29, 1.82) is 0 Å². The smallest absolute Gasteiger partial charge is 0.314 e. The van der Waals surface area contributed by atoms with Gasteiger partial charge in [-0.05, 0) is 60.7 Å². The highest BCUT2D eigenvalue weighted by molar-refractivity contribution is 6.42. The van der Waals surface area contributed by atoms with Gasteiger partial charge in [0, 0.05) is 11.7 Å². The number of nitrogens with one attached hydrogen (secondary N) is 1. The van der Waals surface area contributed by atoms with Crippen molar-refractivity contribution < 1.29 is 9.18 Å². The van der Waals surface area contributed by atoms with Crippen molar-refractivity contribution in [2.75, 3.05) is 5.32 Å². The highest BCUT2D eigenvalue weighted by Crippen LogP contribution is 2.44. The normalized spacial score (nSPS) is 21.5. The average Bonchev–Trinajstić information content (AvgIpc) is 2.86. The second-order valence-electron chi connectivity index (χ2n) is 6.26. The predicted octanol–water partition coefficient (Wildman–Crippen LogP) is 5.43. The van der Waals surface area contributed by atoms with Gasteiger partial charge in [-0.3, -0.25) is 0 Å². The van der Waals surface area contributed by atoms with Crippen molar-refractivity contribution in [1.82, 2.24) is 4.90 Å². The first-order valence-corrected chi connectivity index (χ1v) is 8.61. The van der Waals surface area contributed by atoms with Crippen LogP contribution in [0, 0.1) is 5.82 Å². The topological polar surface area (TPSA) is 32.3 Å². The minimum atomic E-state index is -0.221. The Kier molecular flexibility index (Phi) is 3.89. The van der Waals surface area contributed by atoms with Crippen LogP contribution in [-0.4, -0.2) is 17.0 Å². The first kappa shape index (κ1) is 15.7. The fraction of sp³-hybridized carbons (Fsp3) is 0.278. The molecule has 2 atom stereocenters. The average molecular weight is 365 g/mol. The van der Waals surface area contributed by atoms with Gasteiger partial charge < -0.3 is 10.2 Å². The zero-order valence-electron chi connectivity index (χ0n) is 12.7. The number of benzene rings is 2. The van der Waals surface area contributed by atoms with E-state index >= 15 is 0 Å². The second kappa shape index (κ2) is 5.94. The van der Waals surface area contributed by atoms with Crippen LogP contribution in [0.4, 0.5) is 14.9 Å². The summed E-state index contributed by atoms with van der Waals surface area (Å²) in [5, 5.41) is 3.74. The second-order valence-corrected chi connectivity index (χ2v) is 7.07. The van der Waals surface area contributed by atoms with Crippen LogP contribution in [-0.2, 0) is 6.42 Å². The van der Waals surface area contributed by atoms with Crippen LogP contribution < -0.4 is 5.32 Å². The number of nitrogens with zero attached hydrogens (tertiary/aromatic N) is 1. The molecular formula is C18H15Cl2FN2O. The lowest BCUT2D eigenvalue weighted by molar-refractivity contribution is 0.179. The Balaban J connectivity index is 1.59. The van der Waals surface area contributed by atoms with Gasteiger partial charge in [0.25, 0.3) is 0 Å². The Morgan fingerprint density at radius 1 is 1.12 bits per heavy atom. The van der Waals surface area contributed by atoms with Gasteiger partial charge >= 0.3 is 6.03 Å². The van der Waals surface area contributed by atoms with Crippen LogP contribution in [0.3, 0.4) is 0 Å². The largest absolute Gasteiger partial charge is 0.322 e. The molecule has 2 amide bonds. The van der Waals surface area contributed by atoms with Crippen LogP contribution in [0.25, 0.3) is 0 Å². The summed E-state index contributed by atoms with van der Waals surface area (Å²) in [5.41, 5.74) is 2.68. The maximum absolute atomic E-state index is 13.5. The maximum atomic E-state index is 13.5. The van der Waals surface area contributed by atoms with Crippen LogP contribution in [0.2, 0.25) is 10.0 Å². The van der Waals surface area contributed by atoms with Crippen LogP contribution in [0.15, 0.2) is 36.4 Å². The third kappa shape index (κ3) is 2.64. The van der Waals surface area contributed by atoms with Crippen LogP contribution >= 0.6 is 23.2 Å². The molecule has 2 unspecified atom stereocenters. The maximum Gasteiger partial charge on any atom is 0.322 e. The zero-order chi connectivity index (χ0) is 16.8. The first-order valence-electron chi connectivity index (χ1n) is 7.85. The Morgan fingerprint density at radius 3 is 2.75 bits per heavy atom. The SMILES string of the molecule is O=C(Nc1ccc(Cl)c(Cl)c1)N1C2CCC1c1ccc(F)cc1C2. The summed E-state index contributed by atoms with van der Waals surface area (Å²) in [6.45, 7) is 0. The number of hydrogen-bond acceptors (Lipinski definition) is 1. The standard InChI is InChI=1S/C18H15Cl2FN2O/c19-15-5-2-12(9-16(15)20)22-18(24)23-13-3-6-17(23)14-4-1-11(21)7-10(14)8-13/h1-2,4-5,7,9,13,17H,3,6,8H2,(H,22,24). The van der Waals surface area contributed by atoms with Gasteiger partial charge in [0.05, 0.1) is 16.1 Å². The molecule has 6 heteroatoms.